The van der Waals surface area contributed by atoms with Crippen molar-refractivity contribution in [3.05, 3.63) is 64.4 Å². The summed E-state index contributed by atoms with van der Waals surface area (Å²) in [5, 5.41) is 4.06. The minimum Gasteiger partial charge on any atom is -0.267 e. The summed E-state index contributed by atoms with van der Waals surface area (Å²) < 4.78 is 37.6. The summed E-state index contributed by atoms with van der Waals surface area (Å²) in [5.41, 5.74) is 1.65. The van der Waals surface area contributed by atoms with Gasteiger partial charge in [-0.2, -0.15) is 18.3 Å². The molecule has 0 saturated carbocycles. The van der Waals surface area contributed by atoms with Crippen molar-refractivity contribution < 1.29 is 18.0 Å². The quantitative estimate of drug-likeness (QED) is 0.692. The number of rotatable bonds is 3. The lowest BCUT2D eigenvalue weighted by atomic mass is 10.2. The highest BCUT2D eigenvalue weighted by Gasteiger charge is 2.30. The zero-order valence-electron chi connectivity index (χ0n) is 10.9. The Morgan fingerprint density at radius 2 is 1.91 bits per heavy atom. The van der Waals surface area contributed by atoms with Crippen LogP contribution in [0.3, 0.4) is 0 Å². The molecule has 1 amide bonds. The van der Waals surface area contributed by atoms with Crippen LogP contribution >= 0.6 is 11.6 Å². The van der Waals surface area contributed by atoms with Crippen molar-refractivity contribution in [3.63, 3.8) is 0 Å². The predicted molar refractivity (Wildman–Crippen MR) is 75.8 cm³/mol. The van der Waals surface area contributed by atoms with Crippen LogP contribution in [-0.4, -0.2) is 17.1 Å². The summed E-state index contributed by atoms with van der Waals surface area (Å²) in [5.74, 6) is -0.514. The number of carbonyl (C=O) groups excluding carboxylic acids is 1. The van der Waals surface area contributed by atoms with Gasteiger partial charge in [0.2, 0.25) is 0 Å². The first kappa shape index (κ1) is 16.0. The lowest BCUT2D eigenvalue weighted by Gasteiger charge is -2.05. The fourth-order valence-electron chi connectivity index (χ4n) is 1.52. The van der Waals surface area contributed by atoms with Crippen molar-refractivity contribution in [1.29, 1.82) is 0 Å². The molecule has 114 valence electrons. The van der Waals surface area contributed by atoms with Crippen molar-refractivity contribution in [2.75, 3.05) is 0 Å². The van der Waals surface area contributed by atoms with E-state index >= 15 is 0 Å². The van der Waals surface area contributed by atoms with Gasteiger partial charge in [0.25, 0.3) is 5.91 Å². The van der Waals surface area contributed by atoms with Crippen molar-refractivity contribution in [2.24, 2.45) is 5.10 Å². The number of aromatic nitrogens is 1. The monoisotopic (exact) mass is 327 g/mol. The van der Waals surface area contributed by atoms with Crippen LogP contribution in [0.25, 0.3) is 0 Å². The molecule has 0 atom stereocenters. The standard InChI is InChI=1S/C14H9ClF3N3O/c15-11-3-1-9(2-4-11)13(22)21-20-8-12-7-10(5-6-19-12)14(16,17)18/h1-8H,(H,21,22)/b20-8-. The number of benzene rings is 1. The van der Waals surface area contributed by atoms with Gasteiger partial charge in [-0.05, 0) is 36.4 Å². The van der Waals surface area contributed by atoms with Crippen LogP contribution in [-0.2, 0) is 6.18 Å². The first-order valence-electron chi connectivity index (χ1n) is 5.98. The van der Waals surface area contributed by atoms with E-state index in [0.29, 0.717) is 10.6 Å². The molecule has 0 saturated heterocycles. The Morgan fingerprint density at radius 3 is 2.55 bits per heavy atom. The van der Waals surface area contributed by atoms with Crippen molar-refractivity contribution in [3.8, 4) is 0 Å². The zero-order chi connectivity index (χ0) is 16.2. The van der Waals surface area contributed by atoms with Gasteiger partial charge in [-0.25, -0.2) is 5.43 Å². The van der Waals surface area contributed by atoms with Crippen LogP contribution in [0.4, 0.5) is 13.2 Å². The van der Waals surface area contributed by atoms with Crippen molar-refractivity contribution >= 4 is 23.7 Å². The first-order chi connectivity index (χ1) is 10.4. The Morgan fingerprint density at radius 1 is 1.23 bits per heavy atom. The molecular weight excluding hydrogens is 319 g/mol. The molecule has 2 aromatic rings. The largest absolute Gasteiger partial charge is 0.416 e. The number of hydrogen-bond acceptors (Lipinski definition) is 3. The van der Waals surface area contributed by atoms with Gasteiger partial charge in [0, 0.05) is 16.8 Å². The van der Waals surface area contributed by atoms with Gasteiger partial charge in [-0.1, -0.05) is 11.6 Å². The fraction of sp³-hybridized carbons (Fsp3) is 0.0714. The minimum absolute atomic E-state index is 0.0220. The molecule has 0 bridgehead atoms. The smallest absolute Gasteiger partial charge is 0.267 e. The molecule has 1 aromatic carbocycles. The molecule has 0 aliphatic heterocycles. The number of alkyl halides is 3. The van der Waals surface area contributed by atoms with E-state index in [1.165, 1.54) is 24.3 Å². The van der Waals surface area contributed by atoms with Crippen molar-refractivity contribution in [2.45, 2.75) is 6.18 Å². The van der Waals surface area contributed by atoms with Crippen LogP contribution in [0.5, 0.6) is 0 Å². The van der Waals surface area contributed by atoms with Crippen LogP contribution < -0.4 is 5.43 Å². The average Bonchev–Trinajstić information content (AvgIpc) is 2.47. The van der Waals surface area contributed by atoms with E-state index in [2.05, 4.69) is 15.5 Å². The number of nitrogens with one attached hydrogen (secondary N) is 1. The molecule has 0 unspecified atom stereocenters. The number of hydrogen-bond donors (Lipinski definition) is 1. The molecule has 8 heteroatoms. The SMILES string of the molecule is O=C(N/N=C\c1cc(C(F)(F)F)ccn1)c1ccc(Cl)cc1. The maximum Gasteiger partial charge on any atom is 0.416 e. The van der Waals surface area contributed by atoms with Crippen LogP contribution in [0.1, 0.15) is 21.6 Å². The molecule has 1 aromatic heterocycles. The Bertz CT molecular complexity index is 699. The first-order valence-corrected chi connectivity index (χ1v) is 6.36. The third-order valence-electron chi connectivity index (χ3n) is 2.58. The van der Waals surface area contributed by atoms with Crippen LogP contribution in [0.15, 0.2) is 47.7 Å². The average molecular weight is 328 g/mol. The minimum atomic E-state index is -4.46. The van der Waals surface area contributed by atoms with Gasteiger partial charge in [0.05, 0.1) is 17.5 Å². The van der Waals surface area contributed by atoms with E-state index in [1.54, 1.807) is 0 Å². The zero-order valence-corrected chi connectivity index (χ0v) is 11.7. The summed E-state index contributed by atoms with van der Waals surface area (Å²) in [6.45, 7) is 0. The van der Waals surface area contributed by atoms with Crippen molar-refractivity contribution in [1.82, 2.24) is 10.4 Å². The number of hydrazone groups is 1. The number of pyridine rings is 1. The second kappa shape index (κ2) is 6.57. The predicted octanol–water partition coefficient (Wildman–Crippen LogP) is 3.52. The molecule has 0 radical (unpaired) electrons. The maximum atomic E-state index is 12.5. The Labute approximate surface area is 128 Å². The Hall–Kier alpha value is -2.41. The van der Waals surface area contributed by atoms with E-state index in [0.717, 1.165) is 24.5 Å². The molecule has 0 aliphatic carbocycles. The normalized spacial score (nSPS) is 11.6. The van der Waals surface area contributed by atoms with E-state index in [4.69, 9.17) is 11.6 Å². The van der Waals surface area contributed by atoms with E-state index < -0.39 is 17.6 Å². The lowest BCUT2D eigenvalue weighted by molar-refractivity contribution is -0.137. The van der Waals surface area contributed by atoms with Gasteiger partial charge in [0.15, 0.2) is 0 Å². The lowest BCUT2D eigenvalue weighted by Crippen LogP contribution is -2.17. The Kier molecular flexibility index (Phi) is 4.77. The molecule has 2 rings (SSSR count). The van der Waals surface area contributed by atoms with Gasteiger partial charge >= 0.3 is 6.18 Å². The third-order valence-corrected chi connectivity index (χ3v) is 2.83. The van der Waals surface area contributed by atoms with Gasteiger partial charge in [0.1, 0.15) is 0 Å². The van der Waals surface area contributed by atoms with Gasteiger partial charge in [-0.15, -0.1) is 0 Å². The number of amides is 1. The molecule has 0 spiro atoms. The second-order valence-electron chi connectivity index (χ2n) is 4.17. The molecule has 1 heterocycles. The fourth-order valence-corrected chi connectivity index (χ4v) is 1.64. The topological polar surface area (TPSA) is 54.4 Å². The number of carbonyl (C=O) groups is 1. The van der Waals surface area contributed by atoms with E-state index in [-0.39, 0.29) is 5.69 Å². The van der Waals surface area contributed by atoms with E-state index in [1.807, 2.05) is 0 Å². The van der Waals surface area contributed by atoms with Gasteiger partial charge in [-0.3, -0.25) is 9.78 Å². The molecule has 1 N–H and O–H groups in total. The summed E-state index contributed by atoms with van der Waals surface area (Å²) in [7, 11) is 0. The highest BCUT2D eigenvalue weighted by Crippen LogP contribution is 2.28. The van der Waals surface area contributed by atoms with Gasteiger partial charge < -0.3 is 0 Å². The van der Waals surface area contributed by atoms with Crippen LogP contribution in [0.2, 0.25) is 5.02 Å². The second-order valence-corrected chi connectivity index (χ2v) is 4.61. The van der Waals surface area contributed by atoms with E-state index in [9.17, 15) is 18.0 Å². The molecular formula is C14H9ClF3N3O. The molecule has 0 aliphatic rings. The summed E-state index contributed by atoms with van der Waals surface area (Å²) in [6, 6.07) is 7.75. The number of nitrogens with zero attached hydrogens (tertiary/aromatic N) is 2. The molecule has 0 fully saturated rings. The highest BCUT2D eigenvalue weighted by atomic mass is 35.5. The maximum absolute atomic E-state index is 12.5. The highest BCUT2D eigenvalue weighted by molar-refractivity contribution is 6.30. The summed E-state index contributed by atoms with van der Waals surface area (Å²) >= 11 is 5.69. The number of halogens is 4. The summed E-state index contributed by atoms with van der Waals surface area (Å²) in [4.78, 5) is 15.4. The molecule has 22 heavy (non-hydrogen) atoms. The van der Waals surface area contributed by atoms with Crippen LogP contribution in [0, 0.1) is 0 Å². The molecule has 4 nitrogen and oxygen atoms in total. The third kappa shape index (κ3) is 4.29. The summed E-state index contributed by atoms with van der Waals surface area (Å²) in [6.07, 6.45) is -2.41. The Balaban J connectivity index is 2.03.